The highest BCUT2D eigenvalue weighted by Crippen LogP contribution is 2.32. The molecule has 3 rings (SSSR count). The number of alkyl halides is 3. The minimum absolute atomic E-state index is 0.427. The van der Waals surface area contributed by atoms with Gasteiger partial charge in [-0.3, -0.25) is 9.48 Å². The highest BCUT2D eigenvalue weighted by Gasteiger charge is 2.39. The minimum Gasteiger partial charge on any atom is -0.321 e. The Morgan fingerprint density at radius 2 is 1.77 bits per heavy atom. The van der Waals surface area contributed by atoms with E-state index in [1.165, 1.54) is 7.05 Å². The number of nitrogens with one attached hydrogen (secondary N) is 1. The van der Waals surface area contributed by atoms with Crippen LogP contribution in [-0.4, -0.2) is 15.7 Å². The first-order valence-corrected chi connectivity index (χ1v) is 8.61. The zero-order chi connectivity index (χ0) is 18.9. The zero-order valence-corrected chi connectivity index (χ0v) is 15.7. The molecule has 1 N–H and O–H groups in total. The van der Waals surface area contributed by atoms with Gasteiger partial charge in [-0.2, -0.15) is 18.3 Å². The van der Waals surface area contributed by atoms with E-state index in [-0.39, 0.29) is 0 Å². The molecule has 2 aromatic carbocycles. The third-order valence-corrected chi connectivity index (χ3v) is 4.39. The molecule has 0 saturated carbocycles. The van der Waals surface area contributed by atoms with Crippen LogP contribution in [0.25, 0.3) is 11.1 Å². The zero-order valence-electron chi connectivity index (χ0n) is 13.5. The van der Waals surface area contributed by atoms with E-state index in [0.717, 1.165) is 25.6 Å². The van der Waals surface area contributed by atoms with Gasteiger partial charge in [-0.05, 0) is 46.4 Å². The molecule has 0 radical (unpaired) electrons. The first kappa shape index (κ1) is 18.4. The lowest BCUT2D eigenvalue weighted by Crippen LogP contribution is -2.18. The van der Waals surface area contributed by atoms with Crippen molar-refractivity contribution >= 4 is 34.2 Å². The van der Waals surface area contributed by atoms with Crippen LogP contribution in [0.5, 0.6) is 0 Å². The molecule has 0 unspecified atom stereocenters. The van der Waals surface area contributed by atoms with E-state index in [4.69, 9.17) is 0 Å². The molecular weight excluding hydrogens is 458 g/mol. The second kappa shape index (κ2) is 7.10. The number of hydrogen-bond acceptors (Lipinski definition) is 2. The van der Waals surface area contributed by atoms with Crippen molar-refractivity contribution in [2.45, 2.75) is 6.18 Å². The topological polar surface area (TPSA) is 46.9 Å². The van der Waals surface area contributed by atoms with Gasteiger partial charge in [0.25, 0.3) is 5.91 Å². The van der Waals surface area contributed by atoms with Crippen LogP contribution in [0.4, 0.5) is 18.9 Å². The summed E-state index contributed by atoms with van der Waals surface area (Å²) in [6.45, 7) is 0. The number of nitrogens with zero attached hydrogens (tertiary/aromatic N) is 2. The van der Waals surface area contributed by atoms with Gasteiger partial charge in [-0.15, -0.1) is 0 Å². The number of carbonyl (C=O) groups is 1. The molecule has 1 heterocycles. The fraction of sp³-hybridized carbons (Fsp3) is 0.111. The van der Waals surface area contributed by atoms with Crippen molar-refractivity contribution in [3.05, 3.63) is 69.6 Å². The van der Waals surface area contributed by atoms with Crippen molar-refractivity contribution in [1.29, 1.82) is 0 Å². The van der Waals surface area contributed by atoms with Crippen LogP contribution in [0.1, 0.15) is 16.1 Å². The summed E-state index contributed by atoms with van der Waals surface area (Å²) >= 11 is 2.18. The lowest BCUT2D eigenvalue weighted by atomic mass is 10.0. The van der Waals surface area contributed by atoms with Crippen LogP contribution in [0.15, 0.2) is 54.7 Å². The van der Waals surface area contributed by atoms with Crippen LogP contribution < -0.4 is 5.32 Å². The Morgan fingerprint density at radius 3 is 2.42 bits per heavy atom. The number of anilines is 1. The molecule has 1 aromatic heterocycles. The Kier molecular flexibility index (Phi) is 5.03. The summed E-state index contributed by atoms with van der Waals surface area (Å²) in [5.74, 6) is -0.858. The van der Waals surface area contributed by atoms with Crippen LogP contribution in [0, 0.1) is 3.57 Å². The van der Waals surface area contributed by atoms with E-state index < -0.39 is 23.3 Å². The Hall–Kier alpha value is -2.36. The minimum atomic E-state index is -4.70. The fourth-order valence-corrected chi connectivity index (χ4v) is 2.89. The molecule has 0 bridgehead atoms. The number of rotatable bonds is 3. The summed E-state index contributed by atoms with van der Waals surface area (Å²) in [5.41, 5.74) is 0.274. The number of carbonyl (C=O) groups excluding carboxylic acids is 1. The monoisotopic (exact) mass is 471 g/mol. The van der Waals surface area contributed by atoms with Gasteiger partial charge in [0.05, 0.1) is 5.56 Å². The highest BCUT2D eigenvalue weighted by molar-refractivity contribution is 14.1. The fourth-order valence-electron chi connectivity index (χ4n) is 2.53. The molecule has 0 aliphatic heterocycles. The molecule has 4 nitrogen and oxygen atoms in total. The molecule has 0 saturated heterocycles. The number of para-hydroxylation sites is 1. The van der Waals surface area contributed by atoms with Gasteiger partial charge in [0.1, 0.15) is 0 Å². The SMILES string of the molecule is Cn1cc(C(=O)Nc2ccccc2-c2ccc(I)cc2)c(C(F)(F)F)n1. The summed E-state index contributed by atoms with van der Waals surface area (Å²) in [7, 11) is 1.34. The summed E-state index contributed by atoms with van der Waals surface area (Å²) in [5, 5.41) is 5.94. The van der Waals surface area contributed by atoms with Crippen molar-refractivity contribution in [3.63, 3.8) is 0 Å². The number of halogens is 4. The van der Waals surface area contributed by atoms with Crippen molar-refractivity contribution < 1.29 is 18.0 Å². The van der Waals surface area contributed by atoms with Gasteiger partial charge >= 0.3 is 6.18 Å². The second-order valence-corrected chi connectivity index (χ2v) is 6.82. The van der Waals surface area contributed by atoms with Crippen molar-refractivity contribution in [2.24, 2.45) is 7.05 Å². The average molecular weight is 471 g/mol. The molecular formula is C18H13F3IN3O. The lowest BCUT2D eigenvalue weighted by Gasteiger charge is -2.12. The Bertz CT molecular complexity index is 949. The quantitative estimate of drug-likeness (QED) is 0.549. The first-order chi connectivity index (χ1) is 12.3. The molecule has 134 valence electrons. The van der Waals surface area contributed by atoms with Crippen LogP contribution in [0.2, 0.25) is 0 Å². The predicted octanol–water partition coefficient (Wildman–Crippen LogP) is 4.96. The summed E-state index contributed by atoms with van der Waals surface area (Å²) in [6, 6.07) is 14.6. The number of aromatic nitrogens is 2. The Labute approximate surface area is 161 Å². The normalized spacial score (nSPS) is 11.4. The summed E-state index contributed by atoms with van der Waals surface area (Å²) < 4.78 is 41.3. The molecule has 1 amide bonds. The third-order valence-electron chi connectivity index (χ3n) is 3.67. The third kappa shape index (κ3) is 3.90. The van der Waals surface area contributed by atoms with Crippen molar-refractivity contribution in [3.8, 4) is 11.1 Å². The number of aryl methyl sites for hydroxylation is 1. The molecule has 0 aliphatic rings. The number of hydrogen-bond donors (Lipinski definition) is 1. The Morgan fingerprint density at radius 1 is 1.12 bits per heavy atom. The van der Waals surface area contributed by atoms with E-state index in [0.29, 0.717) is 5.69 Å². The smallest absolute Gasteiger partial charge is 0.321 e. The van der Waals surface area contributed by atoms with Gasteiger partial charge in [-0.1, -0.05) is 30.3 Å². The highest BCUT2D eigenvalue weighted by atomic mass is 127. The van der Waals surface area contributed by atoms with Gasteiger partial charge in [0.15, 0.2) is 5.69 Å². The number of benzene rings is 2. The molecule has 0 fully saturated rings. The molecule has 0 atom stereocenters. The summed E-state index contributed by atoms with van der Waals surface area (Å²) in [4.78, 5) is 12.5. The van der Waals surface area contributed by atoms with E-state index in [1.54, 1.807) is 24.3 Å². The van der Waals surface area contributed by atoms with Crippen LogP contribution in [-0.2, 0) is 13.2 Å². The second-order valence-electron chi connectivity index (χ2n) is 5.57. The van der Waals surface area contributed by atoms with E-state index in [9.17, 15) is 18.0 Å². The number of amides is 1. The average Bonchev–Trinajstić information content (AvgIpc) is 2.99. The molecule has 3 aromatic rings. The van der Waals surface area contributed by atoms with Gasteiger partial charge in [0.2, 0.25) is 0 Å². The van der Waals surface area contributed by atoms with Gasteiger partial charge < -0.3 is 5.32 Å². The van der Waals surface area contributed by atoms with Crippen LogP contribution >= 0.6 is 22.6 Å². The lowest BCUT2D eigenvalue weighted by molar-refractivity contribution is -0.141. The van der Waals surface area contributed by atoms with Crippen molar-refractivity contribution in [1.82, 2.24) is 9.78 Å². The Balaban J connectivity index is 1.96. The molecule has 26 heavy (non-hydrogen) atoms. The van der Waals surface area contributed by atoms with Gasteiger partial charge in [-0.25, -0.2) is 0 Å². The first-order valence-electron chi connectivity index (χ1n) is 7.53. The van der Waals surface area contributed by atoms with E-state index in [2.05, 4.69) is 33.0 Å². The van der Waals surface area contributed by atoms with Gasteiger partial charge in [0, 0.05) is 28.1 Å². The molecule has 0 aliphatic carbocycles. The maximum atomic E-state index is 13.1. The molecule has 8 heteroatoms. The van der Waals surface area contributed by atoms with Crippen molar-refractivity contribution in [2.75, 3.05) is 5.32 Å². The van der Waals surface area contributed by atoms with E-state index >= 15 is 0 Å². The standard InChI is InChI=1S/C18H13F3IN3O/c1-25-10-14(16(24-25)18(19,20)21)17(26)23-15-5-3-2-4-13(15)11-6-8-12(22)9-7-11/h2-10H,1H3,(H,23,26). The molecule has 0 spiro atoms. The maximum Gasteiger partial charge on any atom is 0.435 e. The largest absolute Gasteiger partial charge is 0.435 e. The van der Waals surface area contributed by atoms with E-state index in [1.807, 2.05) is 24.3 Å². The summed E-state index contributed by atoms with van der Waals surface area (Å²) in [6.07, 6.45) is -3.64. The predicted molar refractivity (Wildman–Crippen MR) is 101 cm³/mol. The van der Waals surface area contributed by atoms with Crippen LogP contribution in [0.3, 0.4) is 0 Å². The maximum absolute atomic E-state index is 13.1.